The predicted molar refractivity (Wildman–Crippen MR) is 118 cm³/mol. The van der Waals surface area contributed by atoms with Gasteiger partial charge in [-0.05, 0) is 42.0 Å². The minimum atomic E-state index is -4.40. The molecule has 5 rings (SSSR count). The largest absolute Gasteiger partial charge is 0.416 e. The van der Waals surface area contributed by atoms with Crippen LogP contribution in [0.3, 0.4) is 0 Å². The van der Waals surface area contributed by atoms with Crippen molar-refractivity contribution in [1.82, 2.24) is 14.8 Å². The van der Waals surface area contributed by atoms with Crippen molar-refractivity contribution in [3.8, 4) is 16.8 Å². The van der Waals surface area contributed by atoms with E-state index >= 15 is 0 Å². The van der Waals surface area contributed by atoms with Crippen molar-refractivity contribution in [2.75, 3.05) is 18.5 Å². The maximum atomic E-state index is 15.0. The van der Waals surface area contributed by atoms with Crippen LogP contribution in [0.2, 0.25) is 0 Å². The zero-order chi connectivity index (χ0) is 23.9. The summed E-state index contributed by atoms with van der Waals surface area (Å²) in [6.07, 6.45) is 0.529. The molecular weight excluding hydrogens is 452 g/mol. The van der Waals surface area contributed by atoms with E-state index < -0.39 is 23.3 Å². The van der Waals surface area contributed by atoms with Gasteiger partial charge in [0.05, 0.1) is 36.3 Å². The molecule has 0 spiro atoms. The summed E-state index contributed by atoms with van der Waals surface area (Å²) in [5, 5.41) is 7.65. The number of aromatic amines is 1. The highest BCUT2D eigenvalue weighted by atomic mass is 19.4. The van der Waals surface area contributed by atoms with Crippen LogP contribution in [0.5, 0.6) is 0 Å². The molecule has 34 heavy (non-hydrogen) atoms. The Morgan fingerprint density at radius 1 is 1.09 bits per heavy atom. The lowest BCUT2D eigenvalue weighted by Crippen LogP contribution is -2.43. The molecule has 1 aliphatic heterocycles. The van der Waals surface area contributed by atoms with Gasteiger partial charge in [-0.15, -0.1) is 0 Å². The minimum absolute atomic E-state index is 0.00950. The fourth-order valence-corrected chi connectivity index (χ4v) is 3.98. The second-order valence-electron chi connectivity index (χ2n) is 8.21. The lowest BCUT2D eigenvalue weighted by Gasteiger charge is -2.27. The smallest absolute Gasteiger partial charge is 0.381 e. The maximum Gasteiger partial charge on any atom is 0.416 e. The third-order valence-electron chi connectivity index (χ3n) is 6.00. The van der Waals surface area contributed by atoms with Crippen molar-refractivity contribution >= 4 is 22.5 Å². The number of carbonyl (C=O) groups excluding carboxylic acids is 1. The number of anilines is 1. The van der Waals surface area contributed by atoms with Crippen LogP contribution < -0.4 is 5.32 Å². The average Bonchev–Trinajstić information content (AvgIpc) is 3.47. The van der Waals surface area contributed by atoms with E-state index in [4.69, 9.17) is 4.74 Å². The Kier molecular flexibility index (Phi) is 5.40. The van der Waals surface area contributed by atoms with Gasteiger partial charge in [0.15, 0.2) is 5.67 Å². The number of benzene rings is 2. The Morgan fingerprint density at radius 3 is 2.53 bits per heavy atom. The van der Waals surface area contributed by atoms with Crippen LogP contribution in [-0.4, -0.2) is 39.6 Å². The van der Waals surface area contributed by atoms with Crippen LogP contribution in [0.25, 0.3) is 27.7 Å². The summed E-state index contributed by atoms with van der Waals surface area (Å²) in [5.41, 5.74) is 0.511. The van der Waals surface area contributed by atoms with E-state index in [1.54, 1.807) is 18.6 Å². The number of carbonyl (C=O) groups is 1. The van der Waals surface area contributed by atoms with Crippen molar-refractivity contribution in [3.63, 3.8) is 0 Å². The first-order valence-corrected chi connectivity index (χ1v) is 10.6. The zero-order valence-electron chi connectivity index (χ0n) is 17.8. The number of H-pyrrole nitrogens is 1. The summed E-state index contributed by atoms with van der Waals surface area (Å²) in [4.78, 5) is 15.7. The number of hydrogen-bond donors (Lipinski definition) is 2. The molecule has 6 nitrogen and oxygen atoms in total. The summed E-state index contributed by atoms with van der Waals surface area (Å²) < 4.78 is 60.0. The zero-order valence-corrected chi connectivity index (χ0v) is 17.8. The fraction of sp³-hybridized carbons (Fsp3) is 0.250. The van der Waals surface area contributed by atoms with Crippen molar-refractivity contribution in [1.29, 1.82) is 0 Å². The molecule has 176 valence electrons. The van der Waals surface area contributed by atoms with Gasteiger partial charge in [-0.25, -0.2) is 9.07 Å². The van der Waals surface area contributed by atoms with Gasteiger partial charge in [-0.2, -0.15) is 18.3 Å². The molecule has 10 heteroatoms. The van der Waals surface area contributed by atoms with Gasteiger partial charge in [0.2, 0.25) is 0 Å². The summed E-state index contributed by atoms with van der Waals surface area (Å²) in [6, 6.07) is 10.2. The first kappa shape index (κ1) is 22.1. The molecule has 2 N–H and O–H groups in total. The number of rotatable bonds is 4. The standard InChI is InChI=1S/C24H20F4N4O2/c25-23(7-9-34-10-8-23)22(33)31-21-13-29-20-6-1-15(11-19(20)21)16-12-30-32(14-16)18-4-2-17(3-5-18)24(26,27)28/h1-6,11-14,29H,7-10H2,(H,31,33). The second-order valence-corrected chi connectivity index (χ2v) is 8.21. The van der Waals surface area contributed by atoms with Gasteiger partial charge in [-0.1, -0.05) is 6.07 Å². The Hall–Kier alpha value is -3.66. The third kappa shape index (κ3) is 4.16. The first-order valence-electron chi connectivity index (χ1n) is 10.6. The minimum Gasteiger partial charge on any atom is -0.381 e. The molecule has 1 saturated heterocycles. The topological polar surface area (TPSA) is 71.9 Å². The molecule has 0 bridgehead atoms. The van der Waals surface area contributed by atoms with Crippen molar-refractivity contribution in [3.05, 3.63) is 66.6 Å². The maximum absolute atomic E-state index is 15.0. The number of nitrogens with zero attached hydrogens (tertiary/aromatic N) is 2. The summed E-state index contributed by atoms with van der Waals surface area (Å²) >= 11 is 0. The number of hydrogen-bond acceptors (Lipinski definition) is 3. The summed E-state index contributed by atoms with van der Waals surface area (Å²) in [6.45, 7) is 0.399. The average molecular weight is 472 g/mol. The van der Waals surface area contributed by atoms with Crippen LogP contribution in [0.1, 0.15) is 18.4 Å². The highest BCUT2D eigenvalue weighted by molar-refractivity contribution is 6.05. The number of fused-ring (bicyclic) bond motifs is 1. The van der Waals surface area contributed by atoms with E-state index in [1.165, 1.54) is 16.8 Å². The molecule has 1 amide bonds. The van der Waals surface area contributed by atoms with Gasteiger partial charge in [0, 0.05) is 41.7 Å². The van der Waals surface area contributed by atoms with Gasteiger partial charge >= 0.3 is 6.18 Å². The highest BCUT2D eigenvalue weighted by Crippen LogP contribution is 2.33. The van der Waals surface area contributed by atoms with Gasteiger partial charge in [0.1, 0.15) is 0 Å². The molecule has 0 atom stereocenters. The SMILES string of the molecule is O=C(Nc1c[nH]c2ccc(-c3cnn(-c4ccc(C(F)(F)F)cc4)c3)cc12)C1(F)CCOCC1. The van der Waals surface area contributed by atoms with Crippen LogP contribution in [0, 0.1) is 0 Å². The van der Waals surface area contributed by atoms with Crippen molar-refractivity contribution in [2.24, 2.45) is 0 Å². The molecule has 0 aliphatic carbocycles. The number of amides is 1. The molecule has 0 radical (unpaired) electrons. The summed E-state index contributed by atoms with van der Waals surface area (Å²) in [7, 11) is 0. The van der Waals surface area contributed by atoms with E-state index in [9.17, 15) is 22.4 Å². The Morgan fingerprint density at radius 2 is 1.82 bits per heavy atom. The second kappa shape index (κ2) is 8.28. The molecule has 0 unspecified atom stereocenters. The van der Waals surface area contributed by atoms with E-state index in [2.05, 4.69) is 15.4 Å². The molecule has 2 aromatic carbocycles. The number of halogens is 4. The lowest BCUT2D eigenvalue weighted by molar-refractivity contribution is -0.137. The molecule has 3 heterocycles. The number of nitrogens with one attached hydrogen (secondary N) is 2. The number of alkyl halides is 4. The number of aromatic nitrogens is 3. The Labute approximate surface area is 191 Å². The van der Waals surface area contributed by atoms with Crippen LogP contribution >= 0.6 is 0 Å². The van der Waals surface area contributed by atoms with Crippen molar-refractivity contribution in [2.45, 2.75) is 24.7 Å². The Bertz CT molecular complexity index is 1340. The molecule has 1 fully saturated rings. The monoisotopic (exact) mass is 472 g/mol. The highest BCUT2D eigenvalue weighted by Gasteiger charge is 2.40. The van der Waals surface area contributed by atoms with E-state index in [0.717, 1.165) is 28.8 Å². The fourth-order valence-electron chi connectivity index (χ4n) is 3.98. The van der Waals surface area contributed by atoms with Crippen molar-refractivity contribution < 1.29 is 27.1 Å². The molecule has 1 aliphatic rings. The van der Waals surface area contributed by atoms with Gasteiger partial charge in [0.25, 0.3) is 5.91 Å². The normalized spacial score (nSPS) is 16.0. The van der Waals surface area contributed by atoms with E-state index in [0.29, 0.717) is 16.8 Å². The van der Waals surface area contributed by atoms with E-state index in [-0.39, 0.29) is 26.1 Å². The third-order valence-corrected chi connectivity index (χ3v) is 6.00. The quantitative estimate of drug-likeness (QED) is 0.386. The molecule has 0 saturated carbocycles. The first-order chi connectivity index (χ1) is 16.2. The van der Waals surface area contributed by atoms with Gasteiger partial charge < -0.3 is 15.0 Å². The molecule has 4 aromatic rings. The van der Waals surface area contributed by atoms with Gasteiger partial charge in [-0.3, -0.25) is 4.79 Å². The predicted octanol–water partition coefficient (Wildman–Crippen LogP) is 5.50. The van der Waals surface area contributed by atoms with Crippen LogP contribution in [-0.2, 0) is 15.7 Å². The molecule has 2 aromatic heterocycles. The summed E-state index contributed by atoms with van der Waals surface area (Å²) in [5.74, 6) is -0.697. The van der Waals surface area contributed by atoms with Crippen LogP contribution in [0.15, 0.2) is 61.1 Å². The van der Waals surface area contributed by atoms with Crippen LogP contribution in [0.4, 0.5) is 23.2 Å². The molecular formula is C24H20F4N4O2. The lowest BCUT2D eigenvalue weighted by atomic mass is 9.95. The van der Waals surface area contributed by atoms with E-state index in [1.807, 2.05) is 18.2 Å². The number of ether oxygens (including phenoxy) is 1. The Balaban J connectivity index is 1.40.